The molecular weight excluding hydrogens is 400 g/mol. The van der Waals surface area contributed by atoms with Gasteiger partial charge in [-0.2, -0.15) is 0 Å². The fourth-order valence-corrected chi connectivity index (χ4v) is 4.04. The summed E-state index contributed by atoms with van der Waals surface area (Å²) in [7, 11) is 1.35. The van der Waals surface area contributed by atoms with E-state index in [0.29, 0.717) is 22.7 Å². The van der Waals surface area contributed by atoms with Crippen LogP contribution in [0.5, 0.6) is 0 Å². The summed E-state index contributed by atoms with van der Waals surface area (Å²) in [5.74, 6) is -0.873. The molecule has 0 unspecified atom stereocenters. The molecule has 0 bridgehead atoms. The molecule has 0 aliphatic carbocycles. The molecule has 1 heterocycles. The Hall–Kier alpha value is -3.05. The number of amides is 1. The molecule has 156 valence electrons. The lowest BCUT2D eigenvalue weighted by atomic mass is 9.97. The van der Waals surface area contributed by atoms with E-state index in [0.717, 1.165) is 40.9 Å². The average molecular weight is 425 g/mol. The molecule has 3 aromatic rings. The summed E-state index contributed by atoms with van der Waals surface area (Å²) in [5, 5.41) is 0.670. The topological polar surface area (TPSA) is 74.3 Å². The fraction of sp³-hybridized carbons (Fsp3) is 0.250. The molecule has 1 amide bonds. The van der Waals surface area contributed by atoms with Crippen molar-refractivity contribution in [2.75, 3.05) is 7.11 Å². The van der Waals surface area contributed by atoms with Crippen LogP contribution in [0.4, 0.5) is 0 Å². The van der Waals surface area contributed by atoms with Gasteiger partial charge in [0.2, 0.25) is 0 Å². The first-order chi connectivity index (χ1) is 14.4. The second-order valence-corrected chi connectivity index (χ2v) is 7.62. The number of ether oxygens (including phenoxy) is 1. The minimum absolute atomic E-state index is 0.403. The van der Waals surface area contributed by atoms with Crippen LogP contribution in [0.1, 0.15) is 51.0 Å². The number of nitrogens with zero attached hydrogens (tertiary/aromatic N) is 1. The number of hydrogen-bond acceptors (Lipinski definition) is 3. The lowest BCUT2D eigenvalue weighted by Gasteiger charge is -2.13. The van der Waals surface area contributed by atoms with Gasteiger partial charge in [-0.25, -0.2) is 4.79 Å². The van der Waals surface area contributed by atoms with E-state index in [9.17, 15) is 9.59 Å². The summed E-state index contributed by atoms with van der Waals surface area (Å²) in [6, 6.07) is 14.7. The van der Waals surface area contributed by atoms with E-state index in [1.54, 1.807) is 12.1 Å². The highest BCUT2D eigenvalue weighted by molar-refractivity contribution is 6.30. The first-order valence-electron chi connectivity index (χ1n) is 9.82. The molecule has 2 aromatic carbocycles. The normalized spacial score (nSPS) is 10.8. The molecule has 0 aliphatic heterocycles. The Morgan fingerprint density at radius 1 is 1.13 bits per heavy atom. The number of methoxy groups -OCH3 is 1. The van der Waals surface area contributed by atoms with Crippen LogP contribution < -0.4 is 5.73 Å². The highest BCUT2D eigenvalue weighted by atomic mass is 35.5. The predicted octanol–water partition coefficient (Wildman–Crippen LogP) is 5.00. The van der Waals surface area contributed by atoms with Crippen molar-refractivity contribution in [2.45, 2.75) is 33.2 Å². The van der Waals surface area contributed by atoms with E-state index in [1.165, 1.54) is 7.11 Å². The minimum atomic E-state index is -0.471. The van der Waals surface area contributed by atoms with E-state index in [-0.39, 0.29) is 0 Å². The molecular formula is C24H25ClN2O3. The maximum atomic E-state index is 12.4. The van der Waals surface area contributed by atoms with Crippen LogP contribution in [0, 0.1) is 6.92 Å². The Kier molecular flexibility index (Phi) is 6.63. The number of hydrogen-bond donors (Lipinski definition) is 1. The van der Waals surface area contributed by atoms with E-state index >= 15 is 0 Å². The number of esters is 1. The van der Waals surface area contributed by atoms with Crippen LogP contribution in [-0.2, 0) is 17.7 Å². The number of benzene rings is 2. The fourth-order valence-electron chi connectivity index (χ4n) is 3.83. The van der Waals surface area contributed by atoms with Crippen molar-refractivity contribution >= 4 is 23.5 Å². The zero-order valence-electron chi connectivity index (χ0n) is 17.4. The molecule has 0 fully saturated rings. The number of halogens is 1. The first kappa shape index (κ1) is 21.7. The van der Waals surface area contributed by atoms with Gasteiger partial charge in [0.1, 0.15) is 0 Å². The van der Waals surface area contributed by atoms with E-state index in [2.05, 4.69) is 11.5 Å². The van der Waals surface area contributed by atoms with Crippen molar-refractivity contribution in [3.05, 3.63) is 81.6 Å². The third kappa shape index (κ3) is 4.26. The van der Waals surface area contributed by atoms with Gasteiger partial charge in [-0.1, -0.05) is 49.2 Å². The zero-order valence-corrected chi connectivity index (χ0v) is 18.1. The van der Waals surface area contributed by atoms with Gasteiger partial charge >= 0.3 is 5.97 Å². The van der Waals surface area contributed by atoms with Crippen LogP contribution in [-0.4, -0.2) is 23.6 Å². The minimum Gasteiger partial charge on any atom is -0.465 e. The Bertz CT molecular complexity index is 1080. The number of carbonyl (C=O) groups excluding carboxylic acids is 2. The van der Waals surface area contributed by atoms with Crippen molar-refractivity contribution in [3.8, 4) is 11.1 Å². The highest BCUT2D eigenvalue weighted by Gasteiger charge is 2.24. The maximum absolute atomic E-state index is 12.4. The van der Waals surface area contributed by atoms with E-state index in [4.69, 9.17) is 22.1 Å². The molecule has 0 saturated heterocycles. The number of primary amides is 1. The van der Waals surface area contributed by atoms with Crippen molar-refractivity contribution < 1.29 is 14.3 Å². The third-order valence-electron chi connectivity index (χ3n) is 5.19. The van der Waals surface area contributed by atoms with Crippen molar-refractivity contribution in [3.63, 3.8) is 0 Å². The van der Waals surface area contributed by atoms with Crippen LogP contribution in [0.3, 0.4) is 0 Å². The van der Waals surface area contributed by atoms with Gasteiger partial charge in [-0.05, 0) is 48.7 Å². The number of carbonyl (C=O) groups is 2. The molecule has 5 nitrogen and oxygen atoms in total. The highest BCUT2D eigenvalue weighted by Crippen LogP contribution is 2.34. The molecule has 0 radical (unpaired) electrons. The van der Waals surface area contributed by atoms with Gasteiger partial charge in [0.05, 0.1) is 18.2 Å². The maximum Gasteiger partial charge on any atom is 0.337 e. The van der Waals surface area contributed by atoms with Crippen LogP contribution in [0.15, 0.2) is 48.5 Å². The van der Waals surface area contributed by atoms with E-state index < -0.39 is 11.9 Å². The van der Waals surface area contributed by atoms with E-state index in [1.807, 2.05) is 43.3 Å². The Labute approximate surface area is 181 Å². The lowest BCUT2D eigenvalue weighted by Crippen LogP contribution is -2.13. The number of rotatable bonds is 7. The molecule has 1 aromatic heterocycles. The van der Waals surface area contributed by atoms with Crippen LogP contribution in [0.25, 0.3) is 11.1 Å². The molecule has 2 N–H and O–H groups in total. The molecule has 0 saturated carbocycles. The Morgan fingerprint density at radius 3 is 2.40 bits per heavy atom. The molecule has 30 heavy (non-hydrogen) atoms. The molecule has 0 atom stereocenters. The standard InChI is InChI=1S/C24H25ClN2O3/c1-4-6-20-22(17-9-11-18(12-10-17)24(29)30-3)21(23(26)28)15(2)27(20)14-16-7-5-8-19(25)13-16/h5,7-13H,4,6,14H2,1-3H3,(H2,26,28). The Morgan fingerprint density at radius 2 is 1.83 bits per heavy atom. The van der Waals surface area contributed by atoms with Crippen molar-refractivity contribution in [1.82, 2.24) is 4.57 Å². The SMILES string of the molecule is CCCc1c(-c2ccc(C(=O)OC)cc2)c(C(N)=O)c(C)n1Cc1cccc(Cl)c1. The Balaban J connectivity index is 2.18. The summed E-state index contributed by atoms with van der Waals surface area (Å²) in [5.41, 5.74) is 11.3. The third-order valence-corrected chi connectivity index (χ3v) is 5.42. The van der Waals surface area contributed by atoms with Crippen molar-refractivity contribution in [2.24, 2.45) is 5.73 Å². The van der Waals surface area contributed by atoms with Gasteiger partial charge in [0.15, 0.2) is 0 Å². The first-order valence-corrected chi connectivity index (χ1v) is 10.2. The number of aromatic nitrogens is 1. The largest absolute Gasteiger partial charge is 0.465 e. The predicted molar refractivity (Wildman–Crippen MR) is 119 cm³/mol. The summed E-state index contributed by atoms with van der Waals surface area (Å²) in [4.78, 5) is 24.2. The molecule has 0 aliphatic rings. The average Bonchev–Trinajstić information content (AvgIpc) is 3.00. The second-order valence-electron chi connectivity index (χ2n) is 7.18. The quantitative estimate of drug-likeness (QED) is 0.542. The smallest absolute Gasteiger partial charge is 0.337 e. The summed E-state index contributed by atoms with van der Waals surface area (Å²) in [6.45, 7) is 4.60. The zero-order chi connectivity index (χ0) is 21.8. The van der Waals surface area contributed by atoms with Crippen LogP contribution in [0.2, 0.25) is 5.02 Å². The summed E-state index contributed by atoms with van der Waals surface area (Å²) in [6.07, 6.45) is 1.69. The molecule has 0 spiro atoms. The van der Waals surface area contributed by atoms with Gasteiger partial charge in [0, 0.05) is 28.5 Å². The molecule has 6 heteroatoms. The second kappa shape index (κ2) is 9.18. The lowest BCUT2D eigenvalue weighted by molar-refractivity contribution is 0.0600. The van der Waals surface area contributed by atoms with Gasteiger partial charge in [-0.3, -0.25) is 4.79 Å². The van der Waals surface area contributed by atoms with Gasteiger partial charge < -0.3 is 15.0 Å². The number of nitrogens with two attached hydrogens (primary N) is 1. The summed E-state index contributed by atoms with van der Waals surface area (Å²) >= 11 is 6.17. The van der Waals surface area contributed by atoms with Gasteiger partial charge in [-0.15, -0.1) is 0 Å². The van der Waals surface area contributed by atoms with Crippen LogP contribution >= 0.6 is 11.6 Å². The van der Waals surface area contributed by atoms with Gasteiger partial charge in [0.25, 0.3) is 5.91 Å². The summed E-state index contributed by atoms with van der Waals surface area (Å²) < 4.78 is 6.92. The molecule has 3 rings (SSSR count). The van der Waals surface area contributed by atoms with Crippen molar-refractivity contribution in [1.29, 1.82) is 0 Å². The monoisotopic (exact) mass is 424 g/mol.